The average molecular weight is 429 g/mol. The van der Waals surface area contributed by atoms with E-state index in [1.807, 2.05) is 6.92 Å². The molecule has 0 bridgehead atoms. The molecule has 3 unspecified atom stereocenters. The highest BCUT2D eigenvalue weighted by atomic mass is 32.2. The largest absolute Gasteiger partial charge is 0.493 e. The molecule has 0 radical (unpaired) electrons. The monoisotopic (exact) mass is 428 g/mol. The van der Waals surface area contributed by atoms with E-state index in [0.717, 1.165) is 4.31 Å². The fraction of sp³-hybridized carbons (Fsp3) is 0.579. The molecule has 2 rings (SSSR count). The van der Waals surface area contributed by atoms with Gasteiger partial charge in [-0.2, -0.15) is 4.31 Å². The van der Waals surface area contributed by atoms with Gasteiger partial charge in [0.15, 0.2) is 11.5 Å². The van der Waals surface area contributed by atoms with E-state index >= 15 is 0 Å². The Bertz CT molecular complexity index is 856. The molecule has 1 amide bonds. The topological polar surface area (TPSA) is 122 Å². The van der Waals surface area contributed by atoms with Gasteiger partial charge in [0.25, 0.3) is 0 Å². The number of sulfonamides is 1. The standard InChI is InChI=1S/C19H28N2O7S/c1-5-12(2)17(19(23)24)20-18(22)14-7-6-10-21(14)29(25,26)13-8-9-15(27-3)16(11-13)28-4/h8-9,11-12,14,17H,5-7,10H2,1-4H3,(H,20,22)(H,23,24). The van der Waals surface area contributed by atoms with Gasteiger partial charge in [-0.1, -0.05) is 20.3 Å². The third-order valence-electron chi connectivity index (χ3n) is 5.24. The molecule has 1 saturated heterocycles. The van der Waals surface area contributed by atoms with Gasteiger partial charge >= 0.3 is 5.97 Å². The summed E-state index contributed by atoms with van der Waals surface area (Å²) < 4.78 is 37.8. The lowest BCUT2D eigenvalue weighted by atomic mass is 9.99. The lowest BCUT2D eigenvalue weighted by molar-refractivity contribution is -0.143. The molecule has 1 aliphatic heterocycles. The van der Waals surface area contributed by atoms with Gasteiger partial charge in [-0.3, -0.25) is 4.79 Å². The number of hydrogen-bond acceptors (Lipinski definition) is 6. The van der Waals surface area contributed by atoms with Crippen molar-refractivity contribution in [3.8, 4) is 11.5 Å². The van der Waals surface area contributed by atoms with Crippen LogP contribution in [0.1, 0.15) is 33.1 Å². The Balaban J connectivity index is 2.29. The number of nitrogens with zero attached hydrogens (tertiary/aromatic N) is 1. The van der Waals surface area contributed by atoms with Crippen LogP contribution in [0.3, 0.4) is 0 Å². The zero-order chi connectivity index (χ0) is 21.8. The Labute approximate surface area is 171 Å². The van der Waals surface area contributed by atoms with Crippen molar-refractivity contribution < 1.29 is 32.6 Å². The van der Waals surface area contributed by atoms with Gasteiger partial charge in [0.1, 0.15) is 12.1 Å². The van der Waals surface area contributed by atoms with Gasteiger partial charge in [0.05, 0.1) is 19.1 Å². The fourth-order valence-electron chi connectivity index (χ4n) is 3.33. The van der Waals surface area contributed by atoms with E-state index in [1.54, 1.807) is 6.92 Å². The van der Waals surface area contributed by atoms with Crippen molar-refractivity contribution >= 4 is 21.9 Å². The summed E-state index contributed by atoms with van der Waals surface area (Å²) in [6.45, 7) is 3.73. The second-order valence-electron chi connectivity index (χ2n) is 7.00. The first-order valence-electron chi connectivity index (χ1n) is 9.44. The normalized spacial score (nSPS) is 19.4. The van der Waals surface area contributed by atoms with Crippen molar-refractivity contribution in [1.29, 1.82) is 0 Å². The number of ether oxygens (including phenoxy) is 2. The lowest BCUT2D eigenvalue weighted by Gasteiger charge is -2.27. The van der Waals surface area contributed by atoms with Gasteiger partial charge in [-0.05, 0) is 30.9 Å². The van der Waals surface area contributed by atoms with E-state index in [2.05, 4.69) is 5.32 Å². The third kappa shape index (κ3) is 4.81. The quantitative estimate of drug-likeness (QED) is 0.611. The predicted molar refractivity (Wildman–Crippen MR) is 105 cm³/mol. The molecule has 0 saturated carbocycles. The van der Waals surface area contributed by atoms with Gasteiger partial charge in [-0.15, -0.1) is 0 Å². The number of carbonyl (C=O) groups excluding carboxylic acids is 1. The van der Waals surface area contributed by atoms with E-state index in [0.29, 0.717) is 25.0 Å². The van der Waals surface area contributed by atoms with Crippen LogP contribution < -0.4 is 14.8 Å². The highest BCUT2D eigenvalue weighted by molar-refractivity contribution is 7.89. The van der Waals surface area contributed by atoms with E-state index in [1.165, 1.54) is 32.4 Å². The van der Waals surface area contributed by atoms with Crippen LogP contribution in [0.5, 0.6) is 11.5 Å². The van der Waals surface area contributed by atoms with Crippen LogP contribution in [0.4, 0.5) is 0 Å². The van der Waals surface area contributed by atoms with Crippen LogP contribution in [-0.2, 0) is 19.6 Å². The van der Waals surface area contributed by atoms with Crippen LogP contribution in [0, 0.1) is 5.92 Å². The lowest BCUT2D eigenvalue weighted by Crippen LogP contribution is -2.52. The number of carbonyl (C=O) groups is 2. The zero-order valence-electron chi connectivity index (χ0n) is 17.0. The second-order valence-corrected chi connectivity index (χ2v) is 8.89. The third-order valence-corrected chi connectivity index (χ3v) is 7.15. The molecule has 0 aromatic heterocycles. The summed E-state index contributed by atoms with van der Waals surface area (Å²) in [4.78, 5) is 24.3. The molecule has 1 heterocycles. The molecule has 10 heteroatoms. The van der Waals surface area contributed by atoms with Crippen LogP contribution >= 0.6 is 0 Å². The first kappa shape index (κ1) is 23.0. The Morgan fingerprint density at radius 3 is 2.48 bits per heavy atom. The average Bonchev–Trinajstić information content (AvgIpc) is 3.21. The van der Waals surface area contributed by atoms with Gasteiger partial charge in [0.2, 0.25) is 15.9 Å². The van der Waals surface area contributed by atoms with Gasteiger partial charge < -0.3 is 19.9 Å². The van der Waals surface area contributed by atoms with E-state index in [4.69, 9.17) is 9.47 Å². The Kier molecular flexibility index (Phi) is 7.48. The summed E-state index contributed by atoms with van der Waals surface area (Å²) in [6, 6.07) is 2.20. The molecule has 1 aromatic rings. The predicted octanol–water partition coefficient (Wildman–Crippen LogP) is 1.47. The summed E-state index contributed by atoms with van der Waals surface area (Å²) in [5.41, 5.74) is 0. The second kappa shape index (κ2) is 9.45. The number of aliphatic carboxylic acids is 1. The molecule has 3 atom stereocenters. The number of methoxy groups -OCH3 is 2. The first-order valence-corrected chi connectivity index (χ1v) is 10.9. The molecule has 162 valence electrons. The summed E-state index contributed by atoms with van der Waals surface area (Å²) in [6.07, 6.45) is 1.40. The minimum Gasteiger partial charge on any atom is -0.493 e. The van der Waals surface area contributed by atoms with Crippen LogP contribution in [0.25, 0.3) is 0 Å². The van der Waals surface area contributed by atoms with Crippen molar-refractivity contribution in [3.63, 3.8) is 0 Å². The van der Waals surface area contributed by atoms with Crippen molar-refractivity contribution in [2.45, 2.75) is 50.1 Å². The molecule has 1 aromatic carbocycles. The highest BCUT2D eigenvalue weighted by Gasteiger charge is 2.41. The molecule has 9 nitrogen and oxygen atoms in total. The summed E-state index contributed by atoms with van der Waals surface area (Å²) in [7, 11) is -1.13. The Morgan fingerprint density at radius 1 is 1.28 bits per heavy atom. The molecule has 1 fully saturated rings. The smallest absolute Gasteiger partial charge is 0.326 e. The van der Waals surface area contributed by atoms with Crippen LogP contribution in [-0.4, -0.2) is 62.6 Å². The van der Waals surface area contributed by atoms with Gasteiger partial charge in [-0.25, -0.2) is 13.2 Å². The number of rotatable bonds is 9. The number of hydrogen-bond donors (Lipinski definition) is 2. The van der Waals surface area contributed by atoms with Crippen LogP contribution in [0.2, 0.25) is 0 Å². The summed E-state index contributed by atoms with van der Waals surface area (Å²) >= 11 is 0. The van der Waals surface area contributed by atoms with Gasteiger partial charge in [0, 0.05) is 12.6 Å². The summed E-state index contributed by atoms with van der Waals surface area (Å²) in [5.74, 6) is -1.37. The molecular weight excluding hydrogens is 400 g/mol. The number of benzene rings is 1. The number of carboxylic acid groups (broad SMARTS) is 1. The highest BCUT2D eigenvalue weighted by Crippen LogP contribution is 2.33. The van der Waals surface area contributed by atoms with Crippen molar-refractivity contribution in [2.75, 3.05) is 20.8 Å². The zero-order valence-corrected chi connectivity index (χ0v) is 17.9. The van der Waals surface area contributed by atoms with Crippen molar-refractivity contribution in [3.05, 3.63) is 18.2 Å². The van der Waals surface area contributed by atoms with E-state index in [9.17, 15) is 23.1 Å². The minimum atomic E-state index is -3.98. The van der Waals surface area contributed by atoms with Crippen molar-refractivity contribution in [1.82, 2.24) is 9.62 Å². The maximum atomic E-state index is 13.2. The van der Waals surface area contributed by atoms with Crippen molar-refractivity contribution in [2.24, 2.45) is 5.92 Å². The van der Waals surface area contributed by atoms with E-state index in [-0.39, 0.29) is 23.1 Å². The Morgan fingerprint density at radius 2 is 1.93 bits per heavy atom. The number of nitrogens with one attached hydrogen (secondary N) is 1. The first-order chi connectivity index (χ1) is 13.7. The number of amides is 1. The maximum Gasteiger partial charge on any atom is 0.326 e. The molecule has 1 aliphatic rings. The molecular formula is C19H28N2O7S. The molecule has 0 aliphatic carbocycles. The molecule has 2 N–H and O–H groups in total. The van der Waals surface area contributed by atoms with E-state index < -0.39 is 34.0 Å². The maximum absolute atomic E-state index is 13.2. The fourth-order valence-corrected chi connectivity index (χ4v) is 5.01. The minimum absolute atomic E-state index is 0.0217. The molecule has 0 spiro atoms. The number of carboxylic acids is 1. The van der Waals surface area contributed by atoms with Crippen LogP contribution in [0.15, 0.2) is 23.1 Å². The SMILES string of the molecule is CCC(C)C(NC(=O)C1CCCN1S(=O)(=O)c1ccc(OC)c(OC)c1)C(=O)O. The summed E-state index contributed by atoms with van der Waals surface area (Å²) in [5, 5.41) is 11.9. The Hall–Kier alpha value is -2.33. The molecule has 29 heavy (non-hydrogen) atoms.